The molecule has 182 valence electrons. The lowest BCUT2D eigenvalue weighted by Gasteiger charge is -2.38. The zero-order valence-electron chi connectivity index (χ0n) is 20.5. The highest BCUT2D eigenvalue weighted by Gasteiger charge is 2.29. The van der Waals surface area contributed by atoms with Crippen molar-refractivity contribution < 1.29 is 14.3 Å². The fourth-order valence-corrected chi connectivity index (χ4v) is 5.08. The van der Waals surface area contributed by atoms with Crippen LogP contribution in [0.25, 0.3) is 0 Å². The van der Waals surface area contributed by atoms with Crippen LogP contribution in [0.15, 0.2) is 66.7 Å². The molecule has 3 aromatic carbocycles. The van der Waals surface area contributed by atoms with Gasteiger partial charge in [-0.2, -0.15) is 0 Å². The Morgan fingerprint density at radius 1 is 0.914 bits per heavy atom. The molecule has 0 aromatic heterocycles. The van der Waals surface area contributed by atoms with E-state index in [4.69, 9.17) is 9.47 Å². The number of benzene rings is 3. The largest absolute Gasteiger partial charge is 0.454 e. The van der Waals surface area contributed by atoms with Crippen LogP contribution in [0.5, 0.6) is 11.5 Å². The fourth-order valence-electron chi connectivity index (χ4n) is 5.08. The standard InChI is InChI=1S/C29H33N3O3/c1-21-14-22(2)16-25(15-21)30-29(33)32(19-24-8-9-27-28(17-24)35-20-34-27)26-10-12-31(13-11-26)18-23-6-4-3-5-7-23/h3-9,14-17,26H,10-13,18-20H2,1-2H3,(H,30,33). The molecule has 6 heteroatoms. The molecule has 35 heavy (non-hydrogen) atoms. The van der Waals surface area contributed by atoms with Gasteiger partial charge in [0.2, 0.25) is 6.79 Å². The van der Waals surface area contributed by atoms with Crippen LogP contribution in [-0.2, 0) is 13.1 Å². The number of amides is 2. The number of anilines is 1. The second-order valence-corrected chi connectivity index (χ2v) is 9.61. The van der Waals surface area contributed by atoms with Crippen LogP contribution in [-0.4, -0.2) is 41.8 Å². The summed E-state index contributed by atoms with van der Waals surface area (Å²) in [5.41, 5.74) is 5.48. The van der Waals surface area contributed by atoms with Gasteiger partial charge in [0.25, 0.3) is 0 Å². The SMILES string of the molecule is Cc1cc(C)cc(NC(=O)N(Cc2ccc3c(c2)OCO3)C2CCN(Cc3ccccc3)CC2)c1. The predicted molar refractivity (Wildman–Crippen MR) is 138 cm³/mol. The number of fused-ring (bicyclic) bond motifs is 1. The number of carbonyl (C=O) groups excluding carboxylic acids is 1. The van der Waals surface area contributed by atoms with Gasteiger partial charge < -0.3 is 19.7 Å². The van der Waals surface area contributed by atoms with Gasteiger partial charge in [-0.1, -0.05) is 42.5 Å². The quantitative estimate of drug-likeness (QED) is 0.499. The maximum atomic E-state index is 13.6. The Balaban J connectivity index is 1.31. The number of hydrogen-bond donors (Lipinski definition) is 1. The number of nitrogens with one attached hydrogen (secondary N) is 1. The van der Waals surface area contributed by atoms with Crippen molar-refractivity contribution in [1.82, 2.24) is 9.80 Å². The molecule has 2 aliphatic heterocycles. The molecule has 1 N–H and O–H groups in total. The van der Waals surface area contributed by atoms with E-state index in [1.165, 1.54) is 5.56 Å². The van der Waals surface area contributed by atoms with E-state index in [9.17, 15) is 4.79 Å². The zero-order valence-corrected chi connectivity index (χ0v) is 20.5. The number of carbonyl (C=O) groups is 1. The highest BCUT2D eigenvalue weighted by atomic mass is 16.7. The van der Waals surface area contributed by atoms with E-state index in [2.05, 4.69) is 60.5 Å². The normalized spacial score (nSPS) is 15.7. The molecule has 0 spiro atoms. The Bertz CT molecular complexity index is 1150. The monoisotopic (exact) mass is 471 g/mol. The summed E-state index contributed by atoms with van der Waals surface area (Å²) in [7, 11) is 0. The Kier molecular flexibility index (Phi) is 6.91. The van der Waals surface area contributed by atoms with Crippen molar-refractivity contribution in [2.24, 2.45) is 0 Å². The number of aryl methyl sites for hydroxylation is 2. The summed E-state index contributed by atoms with van der Waals surface area (Å²) in [4.78, 5) is 18.1. The van der Waals surface area contributed by atoms with Gasteiger partial charge in [0, 0.05) is 37.9 Å². The summed E-state index contributed by atoms with van der Waals surface area (Å²) in [6, 6.07) is 22.8. The van der Waals surface area contributed by atoms with Crippen molar-refractivity contribution in [3.8, 4) is 11.5 Å². The fraction of sp³-hybridized carbons (Fsp3) is 0.345. The molecule has 5 rings (SSSR count). The topological polar surface area (TPSA) is 54.0 Å². The van der Waals surface area contributed by atoms with E-state index in [0.717, 1.165) is 66.4 Å². The zero-order chi connectivity index (χ0) is 24.2. The average Bonchev–Trinajstić information content (AvgIpc) is 3.31. The molecule has 0 unspecified atom stereocenters. The van der Waals surface area contributed by atoms with Gasteiger partial charge in [0.1, 0.15) is 0 Å². The van der Waals surface area contributed by atoms with Gasteiger partial charge in [-0.25, -0.2) is 4.79 Å². The first-order valence-electron chi connectivity index (χ1n) is 12.3. The van der Waals surface area contributed by atoms with Crippen molar-refractivity contribution in [2.45, 2.75) is 45.8 Å². The van der Waals surface area contributed by atoms with Crippen LogP contribution < -0.4 is 14.8 Å². The van der Waals surface area contributed by atoms with Crippen molar-refractivity contribution >= 4 is 11.7 Å². The Hall–Kier alpha value is -3.51. The third kappa shape index (κ3) is 5.77. The second kappa shape index (κ2) is 10.4. The minimum Gasteiger partial charge on any atom is -0.454 e. The molecule has 0 aliphatic carbocycles. The predicted octanol–water partition coefficient (Wildman–Crippen LogP) is 5.73. The first kappa shape index (κ1) is 23.2. The maximum Gasteiger partial charge on any atom is 0.322 e. The number of urea groups is 1. The van der Waals surface area contributed by atoms with Gasteiger partial charge in [0.15, 0.2) is 11.5 Å². The van der Waals surface area contributed by atoms with Crippen molar-refractivity contribution in [3.05, 3.63) is 89.0 Å². The molecule has 0 radical (unpaired) electrons. The van der Waals surface area contributed by atoms with Crippen LogP contribution in [0.1, 0.15) is 35.1 Å². The first-order chi connectivity index (χ1) is 17.0. The molecule has 2 aliphatic rings. The summed E-state index contributed by atoms with van der Waals surface area (Å²) in [5, 5.41) is 3.16. The smallest absolute Gasteiger partial charge is 0.322 e. The van der Waals surface area contributed by atoms with Crippen LogP contribution in [0.4, 0.5) is 10.5 Å². The molecule has 2 heterocycles. The highest BCUT2D eigenvalue weighted by Crippen LogP contribution is 2.33. The van der Waals surface area contributed by atoms with Crippen LogP contribution >= 0.6 is 0 Å². The third-order valence-corrected chi connectivity index (χ3v) is 6.77. The van der Waals surface area contributed by atoms with E-state index >= 15 is 0 Å². The van der Waals surface area contributed by atoms with Crippen LogP contribution in [0.3, 0.4) is 0 Å². The lowest BCUT2D eigenvalue weighted by molar-refractivity contribution is 0.119. The second-order valence-electron chi connectivity index (χ2n) is 9.61. The average molecular weight is 472 g/mol. The molecule has 1 saturated heterocycles. The van der Waals surface area contributed by atoms with E-state index in [0.29, 0.717) is 6.54 Å². The van der Waals surface area contributed by atoms with Crippen LogP contribution in [0.2, 0.25) is 0 Å². The summed E-state index contributed by atoms with van der Waals surface area (Å²) >= 11 is 0. The molecule has 2 amide bonds. The van der Waals surface area contributed by atoms with Crippen LogP contribution in [0, 0.1) is 13.8 Å². The van der Waals surface area contributed by atoms with Gasteiger partial charge in [0.05, 0.1) is 0 Å². The van der Waals surface area contributed by atoms with Gasteiger partial charge in [-0.05, 0) is 73.2 Å². The van der Waals surface area contributed by atoms with E-state index in [1.54, 1.807) is 0 Å². The first-order valence-corrected chi connectivity index (χ1v) is 12.3. The van der Waals surface area contributed by atoms with Crippen molar-refractivity contribution in [2.75, 3.05) is 25.2 Å². The van der Waals surface area contributed by atoms with Gasteiger partial charge >= 0.3 is 6.03 Å². The molecule has 0 atom stereocenters. The number of hydrogen-bond acceptors (Lipinski definition) is 4. The molecule has 3 aromatic rings. The minimum absolute atomic E-state index is 0.0609. The lowest BCUT2D eigenvalue weighted by atomic mass is 10.0. The third-order valence-electron chi connectivity index (χ3n) is 6.77. The molecular weight excluding hydrogens is 438 g/mol. The molecular formula is C29H33N3O3. The van der Waals surface area contributed by atoms with E-state index in [1.807, 2.05) is 35.2 Å². The number of rotatable bonds is 6. The molecule has 1 fully saturated rings. The highest BCUT2D eigenvalue weighted by molar-refractivity contribution is 5.89. The van der Waals surface area contributed by atoms with Gasteiger partial charge in [-0.15, -0.1) is 0 Å². The summed E-state index contributed by atoms with van der Waals surface area (Å²) in [6.45, 7) is 7.75. The number of likely N-dealkylation sites (tertiary alicyclic amines) is 1. The molecule has 0 bridgehead atoms. The number of piperidine rings is 1. The number of nitrogens with zero attached hydrogens (tertiary/aromatic N) is 2. The number of ether oxygens (including phenoxy) is 2. The summed E-state index contributed by atoms with van der Waals surface area (Å²) < 4.78 is 11.0. The summed E-state index contributed by atoms with van der Waals surface area (Å²) in [5.74, 6) is 1.50. The molecule has 6 nitrogen and oxygen atoms in total. The lowest BCUT2D eigenvalue weighted by Crippen LogP contribution is -2.48. The van der Waals surface area contributed by atoms with Gasteiger partial charge in [-0.3, -0.25) is 4.90 Å². The van der Waals surface area contributed by atoms with E-state index < -0.39 is 0 Å². The minimum atomic E-state index is -0.0609. The van der Waals surface area contributed by atoms with E-state index in [-0.39, 0.29) is 18.9 Å². The van der Waals surface area contributed by atoms with Crippen molar-refractivity contribution in [3.63, 3.8) is 0 Å². The maximum absolute atomic E-state index is 13.6. The van der Waals surface area contributed by atoms with Crippen molar-refractivity contribution in [1.29, 1.82) is 0 Å². The summed E-state index contributed by atoms with van der Waals surface area (Å²) in [6.07, 6.45) is 1.88. The Morgan fingerprint density at radius 3 is 2.37 bits per heavy atom. The Labute approximate surface area is 207 Å². The molecule has 0 saturated carbocycles. The Morgan fingerprint density at radius 2 is 1.63 bits per heavy atom.